The molecule has 28 heavy (non-hydrogen) atoms. The highest BCUT2D eigenvalue weighted by Gasteiger charge is 2.18. The van der Waals surface area contributed by atoms with Gasteiger partial charge in [0, 0.05) is 25.0 Å². The highest BCUT2D eigenvalue weighted by Crippen LogP contribution is 2.24. The number of nitrogens with one attached hydrogen (secondary N) is 1. The Morgan fingerprint density at radius 1 is 0.857 bits per heavy atom. The summed E-state index contributed by atoms with van der Waals surface area (Å²) in [5, 5.41) is 3.30. The fourth-order valence-electron chi connectivity index (χ4n) is 3.30. The van der Waals surface area contributed by atoms with Crippen molar-refractivity contribution in [1.29, 1.82) is 0 Å². The van der Waals surface area contributed by atoms with Gasteiger partial charge in [0.05, 0.1) is 17.4 Å². The number of pyridine rings is 1. The molecule has 0 bridgehead atoms. The first kappa shape index (κ1) is 18.0. The van der Waals surface area contributed by atoms with E-state index >= 15 is 0 Å². The molecule has 0 unspecified atom stereocenters. The maximum absolute atomic E-state index is 12.7. The van der Waals surface area contributed by atoms with Gasteiger partial charge in [-0.1, -0.05) is 18.2 Å². The normalized spacial score (nSPS) is 13.8. The van der Waals surface area contributed by atoms with Crippen molar-refractivity contribution in [3.63, 3.8) is 0 Å². The Morgan fingerprint density at radius 3 is 2.32 bits per heavy atom. The van der Waals surface area contributed by atoms with Crippen LogP contribution < -0.4 is 10.1 Å². The Morgan fingerprint density at radius 2 is 1.57 bits per heavy atom. The number of aromatic nitrogens is 1. The van der Waals surface area contributed by atoms with Crippen LogP contribution in [-0.4, -0.2) is 28.9 Å². The Hall–Kier alpha value is -3.34. The van der Waals surface area contributed by atoms with E-state index in [4.69, 9.17) is 4.74 Å². The van der Waals surface area contributed by atoms with Gasteiger partial charge >= 0.3 is 0 Å². The predicted molar refractivity (Wildman–Crippen MR) is 110 cm³/mol. The van der Waals surface area contributed by atoms with Gasteiger partial charge in [-0.05, 0) is 61.7 Å². The third-order valence-electron chi connectivity index (χ3n) is 4.75. The summed E-state index contributed by atoms with van der Waals surface area (Å²) in [7, 11) is 0. The Bertz CT molecular complexity index is 920. The number of benzene rings is 2. The van der Waals surface area contributed by atoms with E-state index in [1.54, 1.807) is 12.4 Å². The number of nitrogens with zero attached hydrogens (tertiary/aromatic N) is 2. The number of carbonyl (C=O) groups excluding carboxylic acids is 1. The maximum Gasteiger partial charge on any atom is 0.255 e. The topological polar surface area (TPSA) is 54.5 Å². The van der Waals surface area contributed by atoms with Gasteiger partial charge in [0.25, 0.3) is 5.91 Å². The molecule has 0 radical (unpaired) electrons. The highest BCUT2D eigenvalue weighted by molar-refractivity contribution is 5.95. The van der Waals surface area contributed by atoms with Crippen LogP contribution in [0.1, 0.15) is 29.6 Å². The number of rotatable bonds is 5. The largest absolute Gasteiger partial charge is 0.457 e. The predicted octanol–water partition coefficient (Wildman–Crippen LogP) is 5.24. The summed E-state index contributed by atoms with van der Waals surface area (Å²) in [6, 6.07) is 19.2. The minimum absolute atomic E-state index is 0.0578. The van der Waals surface area contributed by atoms with Gasteiger partial charge in [-0.25, -0.2) is 0 Å². The Balaban J connectivity index is 1.42. The van der Waals surface area contributed by atoms with Crippen LogP contribution >= 0.6 is 0 Å². The van der Waals surface area contributed by atoms with Crippen LogP contribution in [0.4, 0.5) is 11.4 Å². The van der Waals surface area contributed by atoms with Crippen molar-refractivity contribution in [2.45, 2.75) is 19.3 Å². The molecule has 1 fully saturated rings. The standard InChI is InChI=1S/C23H23N3O2/c27-23(26-13-5-2-6-14-26)18-15-20(17-24-16-18)25-19-9-11-22(12-10-19)28-21-7-3-1-4-8-21/h1,3-4,7-12,15-17,25H,2,5-6,13-14H2. The quantitative estimate of drug-likeness (QED) is 0.664. The minimum atomic E-state index is 0.0578. The molecule has 5 heteroatoms. The molecular formula is C23H23N3O2. The smallest absolute Gasteiger partial charge is 0.255 e. The Labute approximate surface area is 165 Å². The van der Waals surface area contributed by atoms with Crippen molar-refractivity contribution in [2.24, 2.45) is 0 Å². The van der Waals surface area contributed by atoms with Crippen LogP contribution in [0.5, 0.6) is 11.5 Å². The summed E-state index contributed by atoms with van der Waals surface area (Å²) < 4.78 is 5.81. The van der Waals surface area contributed by atoms with Crippen LogP contribution in [0.2, 0.25) is 0 Å². The molecule has 5 nitrogen and oxygen atoms in total. The van der Waals surface area contributed by atoms with Crippen LogP contribution in [-0.2, 0) is 0 Å². The summed E-state index contributed by atoms with van der Waals surface area (Å²) >= 11 is 0. The molecule has 1 saturated heterocycles. The third-order valence-corrected chi connectivity index (χ3v) is 4.75. The average Bonchev–Trinajstić information content (AvgIpc) is 2.76. The average molecular weight is 373 g/mol. The molecular weight excluding hydrogens is 350 g/mol. The summed E-state index contributed by atoms with van der Waals surface area (Å²) in [6.07, 6.45) is 6.72. The van der Waals surface area contributed by atoms with Gasteiger partial charge in [-0.2, -0.15) is 0 Å². The number of hydrogen-bond acceptors (Lipinski definition) is 4. The van der Waals surface area contributed by atoms with Crippen molar-refractivity contribution in [3.8, 4) is 11.5 Å². The van der Waals surface area contributed by atoms with Crippen molar-refractivity contribution >= 4 is 17.3 Å². The molecule has 3 aromatic rings. The van der Waals surface area contributed by atoms with E-state index in [2.05, 4.69) is 10.3 Å². The number of hydrogen-bond donors (Lipinski definition) is 1. The highest BCUT2D eigenvalue weighted by atomic mass is 16.5. The van der Waals surface area contributed by atoms with E-state index in [0.29, 0.717) is 5.56 Å². The number of para-hydroxylation sites is 1. The second-order valence-electron chi connectivity index (χ2n) is 6.88. The van der Waals surface area contributed by atoms with E-state index in [0.717, 1.165) is 48.8 Å². The molecule has 1 aromatic heterocycles. The summed E-state index contributed by atoms with van der Waals surface area (Å²) in [5.41, 5.74) is 2.32. The lowest BCUT2D eigenvalue weighted by Crippen LogP contribution is -2.35. The number of anilines is 2. The van der Waals surface area contributed by atoms with Crippen molar-refractivity contribution in [2.75, 3.05) is 18.4 Å². The fourth-order valence-corrected chi connectivity index (χ4v) is 3.30. The molecule has 0 aliphatic carbocycles. The summed E-state index contributed by atoms with van der Waals surface area (Å²) in [5.74, 6) is 1.63. The summed E-state index contributed by atoms with van der Waals surface area (Å²) in [6.45, 7) is 1.67. The van der Waals surface area contributed by atoms with Gasteiger partial charge in [0.2, 0.25) is 0 Å². The summed E-state index contributed by atoms with van der Waals surface area (Å²) in [4.78, 5) is 18.8. The molecule has 1 aliphatic rings. The second-order valence-corrected chi connectivity index (χ2v) is 6.88. The third kappa shape index (κ3) is 4.49. The number of carbonyl (C=O) groups is 1. The van der Waals surface area contributed by atoms with Crippen LogP contribution in [0, 0.1) is 0 Å². The second kappa shape index (κ2) is 8.57. The SMILES string of the molecule is O=C(c1cncc(Nc2ccc(Oc3ccccc3)cc2)c1)N1CCCCC1. The zero-order valence-corrected chi connectivity index (χ0v) is 15.7. The lowest BCUT2D eigenvalue weighted by atomic mass is 10.1. The molecule has 4 rings (SSSR count). The van der Waals surface area contributed by atoms with E-state index in [1.165, 1.54) is 6.42 Å². The molecule has 0 atom stereocenters. The van der Waals surface area contributed by atoms with Gasteiger partial charge in [0.1, 0.15) is 11.5 Å². The molecule has 2 aromatic carbocycles. The first-order valence-corrected chi connectivity index (χ1v) is 9.62. The van der Waals surface area contributed by atoms with Crippen molar-refractivity contribution in [3.05, 3.63) is 78.6 Å². The van der Waals surface area contributed by atoms with Crippen molar-refractivity contribution < 1.29 is 9.53 Å². The van der Waals surface area contributed by atoms with Crippen LogP contribution in [0.15, 0.2) is 73.1 Å². The molecule has 142 valence electrons. The molecule has 1 aliphatic heterocycles. The van der Waals surface area contributed by atoms with Gasteiger partial charge < -0.3 is 15.0 Å². The number of piperidine rings is 1. The van der Waals surface area contributed by atoms with Gasteiger partial charge in [-0.3, -0.25) is 9.78 Å². The maximum atomic E-state index is 12.7. The molecule has 1 N–H and O–H groups in total. The Kier molecular flexibility index (Phi) is 5.52. The molecule has 2 heterocycles. The first-order chi connectivity index (χ1) is 13.8. The first-order valence-electron chi connectivity index (χ1n) is 9.62. The van der Waals surface area contributed by atoms with Gasteiger partial charge in [-0.15, -0.1) is 0 Å². The van der Waals surface area contributed by atoms with E-state index in [9.17, 15) is 4.79 Å². The molecule has 1 amide bonds. The van der Waals surface area contributed by atoms with E-state index in [1.807, 2.05) is 65.6 Å². The zero-order valence-electron chi connectivity index (χ0n) is 15.7. The molecule has 0 saturated carbocycles. The van der Waals surface area contributed by atoms with Crippen LogP contribution in [0.25, 0.3) is 0 Å². The monoisotopic (exact) mass is 373 g/mol. The molecule has 0 spiro atoms. The number of amides is 1. The number of ether oxygens (including phenoxy) is 1. The van der Waals surface area contributed by atoms with Crippen LogP contribution in [0.3, 0.4) is 0 Å². The minimum Gasteiger partial charge on any atom is -0.457 e. The van der Waals surface area contributed by atoms with E-state index < -0.39 is 0 Å². The lowest BCUT2D eigenvalue weighted by Gasteiger charge is -2.26. The van der Waals surface area contributed by atoms with Crippen molar-refractivity contribution in [1.82, 2.24) is 9.88 Å². The lowest BCUT2D eigenvalue weighted by molar-refractivity contribution is 0.0724. The van der Waals surface area contributed by atoms with E-state index in [-0.39, 0.29) is 5.91 Å². The van der Waals surface area contributed by atoms with Gasteiger partial charge in [0.15, 0.2) is 0 Å². The number of likely N-dealkylation sites (tertiary alicyclic amines) is 1. The fraction of sp³-hybridized carbons (Fsp3) is 0.217. The zero-order chi connectivity index (χ0) is 19.2.